The molecule has 2 N–H and O–H groups in total. The summed E-state index contributed by atoms with van der Waals surface area (Å²) in [5.74, 6) is 0. The summed E-state index contributed by atoms with van der Waals surface area (Å²) in [6.07, 6.45) is 3.16. The first-order chi connectivity index (χ1) is 6.29. The summed E-state index contributed by atoms with van der Waals surface area (Å²) in [5, 5.41) is 19.8. The van der Waals surface area contributed by atoms with E-state index >= 15 is 0 Å². The number of fused-ring (bicyclic) bond motifs is 1. The normalized spacial score (nSPS) is 10.3. The van der Waals surface area contributed by atoms with Gasteiger partial charge in [-0.1, -0.05) is 24.3 Å². The number of pyridine rings is 1. The SMILES string of the molecule is OB(O)c1cncc2ccccc12.[HH].[HH]. The van der Waals surface area contributed by atoms with Crippen molar-refractivity contribution in [1.29, 1.82) is 0 Å². The Morgan fingerprint density at radius 1 is 1.15 bits per heavy atom. The molecule has 0 radical (unpaired) electrons. The molecule has 0 atom stereocenters. The van der Waals surface area contributed by atoms with E-state index in [0.29, 0.717) is 5.46 Å². The predicted molar refractivity (Wildman–Crippen MR) is 55.8 cm³/mol. The van der Waals surface area contributed by atoms with Crippen molar-refractivity contribution < 1.29 is 12.9 Å². The molecule has 2 rings (SSSR count). The van der Waals surface area contributed by atoms with Gasteiger partial charge in [0.2, 0.25) is 0 Å². The van der Waals surface area contributed by atoms with Gasteiger partial charge in [0, 0.05) is 20.7 Å². The number of hydrogen-bond donors (Lipinski definition) is 2. The summed E-state index contributed by atoms with van der Waals surface area (Å²) in [6, 6.07) is 7.46. The van der Waals surface area contributed by atoms with E-state index in [1.54, 1.807) is 6.20 Å². The van der Waals surface area contributed by atoms with Crippen LogP contribution in [0.2, 0.25) is 0 Å². The number of hydrogen-bond acceptors (Lipinski definition) is 3. The Hall–Kier alpha value is -1.39. The van der Waals surface area contributed by atoms with Gasteiger partial charge in [0.15, 0.2) is 0 Å². The van der Waals surface area contributed by atoms with Gasteiger partial charge < -0.3 is 10.0 Å². The van der Waals surface area contributed by atoms with Crippen LogP contribution < -0.4 is 5.46 Å². The Morgan fingerprint density at radius 2 is 1.92 bits per heavy atom. The number of nitrogens with zero attached hydrogens (tertiary/aromatic N) is 1. The molecule has 0 unspecified atom stereocenters. The van der Waals surface area contributed by atoms with E-state index in [-0.39, 0.29) is 2.85 Å². The molecular weight excluding hydrogens is 165 g/mol. The van der Waals surface area contributed by atoms with Crippen LogP contribution in [-0.4, -0.2) is 22.2 Å². The van der Waals surface area contributed by atoms with Gasteiger partial charge in [0.25, 0.3) is 0 Å². The smallest absolute Gasteiger partial charge is 0.423 e. The first-order valence-electron chi connectivity index (χ1n) is 3.98. The topological polar surface area (TPSA) is 53.4 Å². The standard InChI is InChI=1S/C9H8BNO2.2H2/c12-10(13)9-6-11-5-7-3-1-2-4-8(7)9;;/h1-6,12-13H;2*1H. The summed E-state index contributed by atoms with van der Waals surface area (Å²) in [4.78, 5) is 3.91. The zero-order valence-corrected chi connectivity index (χ0v) is 6.88. The second kappa shape index (κ2) is 3.16. The minimum absolute atomic E-state index is 0. The Kier molecular flexibility index (Phi) is 2.00. The third-order valence-corrected chi connectivity index (χ3v) is 1.98. The van der Waals surface area contributed by atoms with Crippen molar-refractivity contribution in [3.05, 3.63) is 36.7 Å². The number of aromatic nitrogens is 1. The second-order valence-electron chi connectivity index (χ2n) is 2.82. The lowest BCUT2D eigenvalue weighted by molar-refractivity contribution is 0.426. The van der Waals surface area contributed by atoms with E-state index in [9.17, 15) is 0 Å². The maximum absolute atomic E-state index is 9.04. The van der Waals surface area contributed by atoms with Crippen LogP contribution in [0.5, 0.6) is 0 Å². The van der Waals surface area contributed by atoms with E-state index in [1.807, 2.05) is 24.3 Å². The minimum Gasteiger partial charge on any atom is -0.423 e. The molecule has 1 aromatic heterocycles. The summed E-state index contributed by atoms with van der Waals surface area (Å²) < 4.78 is 0. The summed E-state index contributed by atoms with van der Waals surface area (Å²) in [6.45, 7) is 0. The first-order valence-corrected chi connectivity index (χ1v) is 3.98. The Balaban J connectivity index is 0.000000980. The second-order valence-corrected chi connectivity index (χ2v) is 2.82. The fraction of sp³-hybridized carbons (Fsp3) is 0. The number of rotatable bonds is 1. The Labute approximate surface area is 78.8 Å². The van der Waals surface area contributed by atoms with Crippen LogP contribution in [0.4, 0.5) is 0 Å². The van der Waals surface area contributed by atoms with Crippen LogP contribution in [0, 0.1) is 0 Å². The molecule has 1 aromatic carbocycles. The summed E-state index contributed by atoms with van der Waals surface area (Å²) in [5.41, 5.74) is 0.443. The molecule has 3 nitrogen and oxygen atoms in total. The first kappa shape index (κ1) is 8.22. The van der Waals surface area contributed by atoms with Gasteiger partial charge in [0.05, 0.1) is 0 Å². The number of benzene rings is 1. The molecule has 0 aliphatic heterocycles. The zero-order valence-electron chi connectivity index (χ0n) is 6.88. The van der Waals surface area contributed by atoms with Crippen molar-refractivity contribution in [1.82, 2.24) is 4.98 Å². The van der Waals surface area contributed by atoms with Gasteiger partial charge in [-0.3, -0.25) is 4.98 Å². The fourth-order valence-corrected chi connectivity index (χ4v) is 1.35. The lowest BCUT2D eigenvalue weighted by Gasteiger charge is -2.03. The van der Waals surface area contributed by atoms with Crippen LogP contribution in [0.1, 0.15) is 2.85 Å². The van der Waals surface area contributed by atoms with Gasteiger partial charge in [0.1, 0.15) is 0 Å². The molecule has 0 saturated carbocycles. The zero-order chi connectivity index (χ0) is 9.26. The third kappa shape index (κ3) is 1.41. The average Bonchev–Trinajstić information content (AvgIpc) is 2.17. The molecule has 68 valence electrons. The van der Waals surface area contributed by atoms with E-state index < -0.39 is 7.12 Å². The van der Waals surface area contributed by atoms with Crippen LogP contribution in [-0.2, 0) is 0 Å². The van der Waals surface area contributed by atoms with E-state index in [1.165, 1.54) is 6.20 Å². The molecule has 0 amide bonds. The third-order valence-electron chi connectivity index (χ3n) is 1.98. The van der Waals surface area contributed by atoms with E-state index in [0.717, 1.165) is 10.8 Å². The lowest BCUT2D eigenvalue weighted by Crippen LogP contribution is -2.30. The van der Waals surface area contributed by atoms with Crippen LogP contribution in [0.25, 0.3) is 10.8 Å². The molecule has 1 heterocycles. The maximum atomic E-state index is 9.04. The molecule has 0 aliphatic carbocycles. The van der Waals surface area contributed by atoms with Crippen molar-refractivity contribution in [2.75, 3.05) is 0 Å². The van der Waals surface area contributed by atoms with Crippen molar-refractivity contribution in [3.63, 3.8) is 0 Å². The molecule has 4 heteroatoms. The van der Waals surface area contributed by atoms with Gasteiger partial charge in [-0.15, -0.1) is 0 Å². The summed E-state index contributed by atoms with van der Waals surface area (Å²) in [7, 11) is -1.46. The molecule has 0 spiro atoms. The van der Waals surface area contributed by atoms with Crippen molar-refractivity contribution in [2.45, 2.75) is 0 Å². The highest BCUT2D eigenvalue weighted by Gasteiger charge is 2.13. The van der Waals surface area contributed by atoms with Gasteiger partial charge >= 0.3 is 7.12 Å². The quantitative estimate of drug-likeness (QED) is 0.620. The highest BCUT2D eigenvalue weighted by molar-refractivity contribution is 6.61. The molecule has 0 aliphatic rings. The Morgan fingerprint density at radius 3 is 2.69 bits per heavy atom. The minimum atomic E-state index is -1.46. The molecule has 0 fully saturated rings. The largest absolute Gasteiger partial charge is 0.490 e. The monoisotopic (exact) mass is 177 g/mol. The maximum Gasteiger partial charge on any atom is 0.490 e. The van der Waals surface area contributed by atoms with Crippen molar-refractivity contribution in [3.8, 4) is 0 Å². The van der Waals surface area contributed by atoms with Crippen LogP contribution in [0.15, 0.2) is 36.7 Å². The highest BCUT2D eigenvalue weighted by atomic mass is 16.4. The fourth-order valence-electron chi connectivity index (χ4n) is 1.35. The van der Waals surface area contributed by atoms with E-state index in [2.05, 4.69) is 4.98 Å². The van der Waals surface area contributed by atoms with Crippen molar-refractivity contribution >= 4 is 23.4 Å². The van der Waals surface area contributed by atoms with Gasteiger partial charge in [-0.05, 0) is 10.8 Å². The van der Waals surface area contributed by atoms with Gasteiger partial charge in [-0.2, -0.15) is 0 Å². The summed E-state index contributed by atoms with van der Waals surface area (Å²) >= 11 is 0. The van der Waals surface area contributed by atoms with Gasteiger partial charge in [-0.25, -0.2) is 0 Å². The van der Waals surface area contributed by atoms with Crippen molar-refractivity contribution in [2.24, 2.45) is 0 Å². The molecular formula is C9H12BNO2. The van der Waals surface area contributed by atoms with E-state index in [4.69, 9.17) is 10.0 Å². The molecule has 2 aromatic rings. The predicted octanol–water partition coefficient (Wildman–Crippen LogP) is 0.407. The van der Waals surface area contributed by atoms with Crippen LogP contribution >= 0.6 is 0 Å². The molecule has 0 bridgehead atoms. The average molecular weight is 177 g/mol. The molecule has 0 saturated heterocycles. The molecule has 13 heavy (non-hydrogen) atoms. The lowest BCUT2D eigenvalue weighted by atomic mass is 9.78. The Bertz CT molecular complexity index is 434. The van der Waals surface area contributed by atoms with Crippen LogP contribution in [0.3, 0.4) is 0 Å². The highest BCUT2D eigenvalue weighted by Crippen LogP contribution is 2.08.